The van der Waals surface area contributed by atoms with E-state index in [1.54, 1.807) is 6.07 Å². The first-order valence-electron chi connectivity index (χ1n) is 7.10. The Balaban J connectivity index is 1.84. The highest BCUT2D eigenvalue weighted by Gasteiger charge is 2.14. The lowest BCUT2D eigenvalue weighted by molar-refractivity contribution is 0.0697. The minimum Gasteiger partial charge on any atom is -0.478 e. The summed E-state index contributed by atoms with van der Waals surface area (Å²) < 4.78 is 0. The molecule has 1 aromatic heterocycles. The Kier molecular flexibility index (Phi) is 4.77. The first-order valence-corrected chi connectivity index (χ1v) is 7.10. The number of hydrogen-bond donors (Lipinski definition) is 2. The number of pyridine rings is 1. The molecule has 1 aliphatic carbocycles. The van der Waals surface area contributed by atoms with Gasteiger partial charge in [0.05, 0.1) is 5.69 Å². The second kappa shape index (κ2) is 6.55. The Morgan fingerprint density at radius 3 is 2.89 bits per heavy atom. The monoisotopic (exact) mass is 262 g/mol. The van der Waals surface area contributed by atoms with E-state index in [-0.39, 0.29) is 5.56 Å². The summed E-state index contributed by atoms with van der Waals surface area (Å²) in [4.78, 5) is 15.1. The van der Waals surface area contributed by atoms with Crippen molar-refractivity contribution >= 4 is 11.7 Å². The summed E-state index contributed by atoms with van der Waals surface area (Å²) in [6, 6.07) is 1.80. The summed E-state index contributed by atoms with van der Waals surface area (Å²) in [5.41, 5.74) is 1.78. The Labute approximate surface area is 114 Å². The van der Waals surface area contributed by atoms with Gasteiger partial charge in [-0.2, -0.15) is 0 Å². The lowest BCUT2D eigenvalue weighted by atomic mass is 10.0. The molecule has 0 aliphatic heterocycles. The Hall–Kier alpha value is -1.58. The van der Waals surface area contributed by atoms with Gasteiger partial charge in [-0.15, -0.1) is 0 Å². The number of carboxylic acid groups (broad SMARTS) is 1. The van der Waals surface area contributed by atoms with Crippen LogP contribution in [0, 0.1) is 12.8 Å². The van der Waals surface area contributed by atoms with Crippen molar-refractivity contribution in [1.29, 1.82) is 0 Å². The van der Waals surface area contributed by atoms with Crippen LogP contribution in [0.1, 0.15) is 54.6 Å². The quantitative estimate of drug-likeness (QED) is 0.771. The average molecular weight is 262 g/mol. The molecule has 0 atom stereocenters. The van der Waals surface area contributed by atoms with Crippen molar-refractivity contribution in [3.05, 3.63) is 23.5 Å². The number of aromatic carboxylic acids is 1. The van der Waals surface area contributed by atoms with Crippen LogP contribution in [0.2, 0.25) is 0 Å². The topological polar surface area (TPSA) is 62.2 Å². The molecule has 4 heteroatoms. The molecule has 1 heterocycles. The fraction of sp³-hybridized carbons (Fsp3) is 0.600. The molecule has 0 aromatic carbocycles. The van der Waals surface area contributed by atoms with Gasteiger partial charge in [0.15, 0.2) is 0 Å². The molecular weight excluding hydrogens is 240 g/mol. The normalized spacial score (nSPS) is 15.6. The van der Waals surface area contributed by atoms with Crippen LogP contribution >= 0.6 is 0 Å². The molecule has 4 nitrogen and oxygen atoms in total. The zero-order valence-electron chi connectivity index (χ0n) is 11.5. The van der Waals surface area contributed by atoms with Crippen LogP contribution < -0.4 is 5.32 Å². The summed E-state index contributed by atoms with van der Waals surface area (Å²) >= 11 is 0. The molecule has 0 amide bonds. The maximum absolute atomic E-state index is 11.1. The van der Waals surface area contributed by atoms with Crippen LogP contribution in [0.15, 0.2) is 12.3 Å². The Morgan fingerprint density at radius 1 is 1.47 bits per heavy atom. The summed E-state index contributed by atoms with van der Waals surface area (Å²) in [7, 11) is 0. The summed E-state index contributed by atoms with van der Waals surface area (Å²) in [5.74, 6) is -0.0364. The van der Waals surface area contributed by atoms with Crippen LogP contribution in [-0.4, -0.2) is 22.6 Å². The van der Waals surface area contributed by atoms with Crippen LogP contribution in [0.3, 0.4) is 0 Å². The predicted molar refractivity (Wildman–Crippen MR) is 75.6 cm³/mol. The Bertz CT molecular complexity index is 440. The number of nitrogens with zero attached hydrogens (tertiary/aromatic N) is 1. The fourth-order valence-corrected chi connectivity index (χ4v) is 2.79. The molecule has 1 saturated carbocycles. The smallest absolute Gasteiger partial charge is 0.339 e. The van der Waals surface area contributed by atoms with E-state index in [0.29, 0.717) is 5.69 Å². The highest BCUT2D eigenvalue weighted by molar-refractivity contribution is 5.93. The predicted octanol–water partition coefficient (Wildman–Crippen LogP) is 3.47. The van der Waals surface area contributed by atoms with Gasteiger partial charge in [0, 0.05) is 18.4 Å². The van der Waals surface area contributed by atoms with E-state index in [9.17, 15) is 4.79 Å². The van der Waals surface area contributed by atoms with Gasteiger partial charge in [-0.25, -0.2) is 4.79 Å². The van der Waals surface area contributed by atoms with Crippen molar-refractivity contribution in [1.82, 2.24) is 4.98 Å². The van der Waals surface area contributed by atoms with Crippen molar-refractivity contribution in [2.75, 3.05) is 11.9 Å². The molecule has 19 heavy (non-hydrogen) atoms. The van der Waals surface area contributed by atoms with Gasteiger partial charge < -0.3 is 10.4 Å². The fourth-order valence-electron chi connectivity index (χ4n) is 2.79. The highest BCUT2D eigenvalue weighted by Crippen LogP contribution is 2.28. The number of rotatable bonds is 6. The number of aryl methyl sites for hydroxylation is 1. The van der Waals surface area contributed by atoms with Gasteiger partial charge in [0.1, 0.15) is 5.56 Å². The van der Waals surface area contributed by atoms with Gasteiger partial charge in [0.2, 0.25) is 0 Å². The number of aromatic nitrogens is 1. The van der Waals surface area contributed by atoms with Gasteiger partial charge >= 0.3 is 5.97 Å². The van der Waals surface area contributed by atoms with Gasteiger partial charge in [-0.05, 0) is 31.7 Å². The van der Waals surface area contributed by atoms with E-state index >= 15 is 0 Å². The molecule has 0 spiro atoms. The Morgan fingerprint density at radius 2 is 2.21 bits per heavy atom. The number of carboxylic acids is 1. The van der Waals surface area contributed by atoms with E-state index in [2.05, 4.69) is 10.3 Å². The van der Waals surface area contributed by atoms with Crippen molar-refractivity contribution in [3.8, 4) is 0 Å². The molecule has 0 radical (unpaired) electrons. The van der Waals surface area contributed by atoms with Gasteiger partial charge in [-0.1, -0.05) is 25.7 Å². The van der Waals surface area contributed by atoms with E-state index in [4.69, 9.17) is 5.11 Å². The van der Waals surface area contributed by atoms with Crippen LogP contribution in [0.5, 0.6) is 0 Å². The van der Waals surface area contributed by atoms with Crippen molar-refractivity contribution in [2.24, 2.45) is 5.92 Å². The zero-order valence-corrected chi connectivity index (χ0v) is 11.5. The van der Waals surface area contributed by atoms with E-state index in [1.807, 2.05) is 6.92 Å². The van der Waals surface area contributed by atoms with Crippen molar-refractivity contribution in [3.63, 3.8) is 0 Å². The molecule has 0 saturated heterocycles. The third kappa shape index (κ3) is 3.94. The molecule has 1 fully saturated rings. The summed E-state index contributed by atoms with van der Waals surface area (Å²) in [6.07, 6.45) is 9.28. The van der Waals surface area contributed by atoms with Crippen LogP contribution in [-0.2, 0) is 0 Å². The molecule has 2 N–H and O–H groups in total. The highest BCUT2D eigenvalue weighted by atomic mass is 16.4. The lowest BCUT2D eigenvalue weighted by Gasteiger charge is -2.12. The van der Waals surface area contributed by atoms with Crippen LogP contribution in [0.25, 0.3) is 0 Å². The second-order valence-corrected chi connectivity index (χ2v) is 5.40. The van der Waals surface area contributed by atoms with Crippen molar-refractivity contribution < 1.29 is 9.90 Å². The molecule has 2 rings (SSSR count). The zero-order chi connectivity index (χ0) is 13.7. The lowest BCUT2D eigenvalue weighted by Crippen LogP contribution is -2.09. The second-order valence-electron chi connectivity index (χ2n) is 5.40. The molecule has 1 aliphatic rings. The SMILES string of the molecule is Cc1cc(NCCCC2CCCC2)c(C(=O)O)cn1. The minimum absolute atomic E-state index is 0.256. The van der Waals surface area contributed by atoms with E-state index in [0.717, 1.165) is 24.6 Å². The number of anilines is 1. The van der Waals surface area contributed by atoms with E-state index < -0.39 is 5.97 Å². The molecule has 1 aromatic rings. The molecule has 0 bridgehead atoms. The number of carbonyl (C=O) groups is 1. The maximum Gasteiger partial charge on any atom is 0.339 e. The van der Waals surface area contributed by atoms with Crippen molar-refractivity contribution in [2.45, 2.75) is 45.4 Å². The average Bonchev–Trinajstić information content (AvgIpc) is 2.87. The first kappa shape index (κ1) is 13.8. The molecule has 104 valence electrons. The first-order chi connectivity index (χ1) is 9.16. The number of nitrogens with one attached hydrogen (secondary N) is 1. The third-order valence-corrected chi connectivity index (χ3v) is 3.85. The molecular formula is C15H22N2O2. The van der Waals surface area contributed by atoms with Gasteiger partial charge in [-0.3, -0.25) is 4.98 Å². The van der Waals surface area contributed by atoms with Gasteiger partial charge in [0.25, 0.3) is 0 Å². The maximum atomic E-state index is 11.1. The number of hydrogen-bond acceptors (Lipinski definition) is 3. The third-order valence-electron chi connectivity index (χ3n) is 3.85. The molecule has 0 unspecified atom stereocenters. The summed E-state index contributed by atoms with van der Waals surface area (Å²) in [5, 5.41) is 12.3. The largest absolute Gasteiger partial charge is 0.478 e. The summed E-state index contributed by atoms with van der Waals surface area (Å²) in [6.45, 7) is 2.70. The van der Waals surface area contributed by atoms with E-state index in [1.165, 1.54) is 38.3 Å². The minimum atomic E-state index is -0.925. The standard InChI is InChI=1S/C15H22N2O2/c1-11-9-14(13(10-17-11)15(18)19)16-8-4-7-12-5-2-3-6-12/h9-10,12H,2-8H2,1H3,(H,16,17)(H,18,19). The van der Waals surface area contributed by atoms with Crippen LogP contribution in [0.4, 0.5) is 5.69 Å².